The first kappa shape index (κ1) is 29.6. The van der Waals surface area contributed by atoms with E-state index in [1.165, 1.54) is 6.07 Å². The summed E-state index contributed by atoms with van der Waals surface area (Å²) >= 11 is 0. The third-order valence-electron chi connectivity index (χ3n) is 9.12. The van der Waals surface area contributed by atoms with Crippen LogP contribution in [0, 0.1) is 36.2 Å². The monoisotopic (exact) mass is 641 g/mol. The molecule has 0 N–H and O–H groups in total. The van der Waals surface area contributed by atoms with E-state index in [1.54, 1.807) is 43.3 Å². The van der Waals surface area contributed by atoms with Gasteiger partial charge in [-0.3, -0.25) is 0 Å². The summed E-state index contributed by atoms with van der Waals surface area (Å²) < 4.78 is 45.8. The summed E-state index contributed by atoms with van der Waals surface area (Å²) in [5.41, 5.74) is 6.11. The summed E-state index contributed by atoms with van der Waals surface area (Å²) in [6, 6.07) is 38.2. The number of aromatic nitrogens is 2. The molecule has 0 bridgehead atoms. The van der Waals surface area contributed by atoms with Crippen LogP contribution in [0.1, 0.15) is 22.3 Å². The van der Waals surface area contributed by atoms with Gasteiger partial charge in [-0.2, -0.15) is 23.7 Å². The van der Waals surface area contributed by atoms with Crippen molar-refractivity contribution in [1.29, 1.82) is 10.5 Å². The van der Waals surface area contributed by atoms with E-state index in [4.69, 9.17) is 6.57 Å². The molecule has 0 unspecified atom stereocenters. The van der Waals surface area contributed by atoms with Gasteiger partial charge in [0.15, 0.2) is 5.69 Å². The Morgan fingerprint density at radius 2 is 1.16 bits per heavy atom. The van der Waals surface area contributed by atoms with Crippen LogP contribution in [0.5, 0.6) is 0 Å². The molecule has 8 heteroatoms. The Balaban J connectivity index is 1.61. The molecule has 0 amide bonds. The minimum Gasteiger partial charge on any atom is -0.310 e. The second-order valence-corrected chi connectivity index (χ2v) is 11.9. The van der Waals surface area contributed by atoms with Crippen LogP contribution in [-0.4, -0.2) is 9.13 Å². The maximum atomic E-state index is 14.0. The number of nitrogens with zero attached hydrogens (tertiary/aromatic N) is 5. The molecular weight excluding hydrogens is 619 g/mol. The van der Waals surface area contributed by atoms with E-state index in [0.29, 0.717) is 50.4 Å². The van der Waals surface area contributed by atoms with E-state index in [2.05, 4.69) is 17.0 Å². The zero-order valence-corrected chi connectivity index (χ0v) is 25.8. The minimum atomic E-state index is -4.54. The Labute approximate surface area is 278 Å². The highest BCUT2D eigenvalue weighted by Crippen LogP contribution is 2.45. The van der Waals surface area contributed by atoms with Crippen molar-refractivity contribution in [3.05, 3.63) is 149 Å². The number of hydrogen-bond acceptors (Lipinski definition) is 2. The molecule has 5 nitrogen and oxygen atoms in total. The van der Waals surface area contributed by atoms with Gasteiger partial charge >= 0.3 is 6.18 Å². The molecule has 0 spiro atoms. The van der Waals surface area contributed by atoms with Crippen molar-refractivity contribution < 1.29 is 13.2 Å². The van der Waals surface area contributed by atoms with Crippen LogP contribution < -0.4 is 0 Å². The van der Waals surface area contributed by atoms with E-state index in [-0.39, 0.29) is 0 Å². The molecule has 2 heterocycles. The molecular formula is C41H22F3N5. The quantitative estimate of drug-likeness (QED) is 0.180. The Hall–Kier alpha value is -6.82. The van der Waals surface area contributed by atoms with Crippen molar-refractivity contribution >= 4 is 49.3 Å². The number of aryl methyl sites for hydroxylation is 1. The van der Waals surface area contributed by atoms with Gasteiger partial charge in [-0.15, -0.1) is 0 Å². The van der Waals surface area contributed by atoms with Crippen molar-refractivity contribution in [3.8, 4) is 34.6 Å². The molecule has 0 saturated carbocycles. The molecule has 2 aromatic heterocycles. The smallest absolute Gasteiger partial charge is 0.310 e. The van der Waals surface area contributed by atoms with Crippen molar-refractivity contribution in [2.45, 2.75) is 13.1 Å². The van der Waals surface area contributed by atoms with Crippen LogP contribution in [0.15, 0.2) is 115 Å². The number of nitriles is 2. The van der Waals surface area contributed by atoms with Crippen molar-refractivity contribution in [2.75, 3.05) is 0 Å². The summed E-state index contributed by atoms with van der Waals surface area (Å²) in [5.74, 6) is 0. The van der Waals surface area contributed by atoms with E-state index < -0.39 is 11.7 Å². The molecule has 0 radical (unpaired) electrons. The molecule has 0 aliphatic heterocycles. The minimum absolute atomic E-state index is 0.327. The molecule has 8 aromatic rings. The molecule has 232 valence electrons. The molecule has 49 heavy (non-hydrogen) atoms. The first-order valence-electron chi connectivity index (χ1n) is 15.3. The zero-order valence-electron chi connectivity index (χ0n) is 25.8. The number of alkyl halides is 3. The Kier molecular flexibility index (Phi) is 6.56. The van der Waals surface area contributed by atoms with Crippen LogP contribution in [0.2, 0.25) is 0 Å². The van der Waals surface area contributed by atoms with Gasteiger partial charge in [0.1, 0.15) is 0 Å². The predicted molar refractivity (Wildman–Crippen MR) is 186 cm³/mol. The number of fused-ring (bicyclic) bond motifs is 6. The normalized spacial score (nSPS) is 11.6. The van der Waals surface area contributed by atoms with Gasteiger partial charge in [0.05, 0.1) is 63.3 Å². The predicted octanol–water partition coefficient (Wildman–Crippen LogP) is 11.2. The maximum Gasteiger partial charge on any atom is 0.416 e. The molecule has 8 rings (SSSR count). The van der Waals surface area contributed by atoms with E-state index in [9.17, 15) is 23.7 Å². The summed E-state index contributed by atoms with van der Waals surface area (Å²) in [5, 5.41) is 23.9. The zero-order chi connectivity index (χ0) is 34.0. The molecule has 0 aliphatic carbocycles. The van der Waals surface area contributed by atoms with Gasteiger partial charge in [0.25, 0.3) is 0 Å². The van der Waals surface area contributed by atoms with Crippen LogP contribution in [0.3, 0.4) is 0 Å². The molecule has 0 aliphatic rings. The number of para-hydroxylation sites is 2. The van der Waals surface area contributed by atoms with Gasteiger partial charge in [-0.1, -0.05) is 60.7 Å². The fourth-order valence-electron chi connectivity index (χ4n) is 7.01. The summed E-state index contributed by atoms with van der Waals surface area (Å²) in [7, 11) is 0. The van der Waals surface area contributed by atoms with E-state index in [0.717, 1.165) is 50.2 Å². The third kappa shape index (κ3) is 4.53. The molecule has 0 atom stereocenters. The highest BCUT2D eigenvalue weighted by Gasteiger charge is 2.31. The highest BCUT2D eigenvalue weighted by atomic mass is 19.4. The summed E-state index contributed by atoms with van der Waals surface area (Å²) in [4.78, 5) is 3.68. The fraction of sp³-hybridized carbons (Fsp3) is 0.0488. The van der Waals surface area contributed by atoms with Crippen LogP contribution in [0.4, 0.5) is 18.9 Å². The lowest BCUT2D eigenvalue weighted by molar-refractivity contribution is -0.137. The van der Waals surface area contributed by atoms with Gasteiger partial charge in [-0.05, 0) is 72.6 Å². The first-order valence-corrected chi connectivity index (χ1v) is 15.3. The highest BCUT2D eigenvalue weighted by molar-refractivity contribution is 6.12. The van der Waals surface area contributed by atoms with Crippen LogP contribution in [0.25, 0.3) is 71.0 Å². The lowest BCUT2D eigenvalue weighted by Crippen LogP contribution is -2.08. The SMILES string of the molecule is [C-]#[N+]c1ccc2c3ccccc3n(-c3cc(C#N)cc(-n4c5ccccc5c5ccc(C#N)cc54)c3-c3ccc(C(F)(F)F)cc3C)c2c1. The Bertz CT molecular complexity index is 2660. The van der Waals surface area contributed by atoms with Crippen LogP contribution in [-0.2, 0) is 6.18 Å². The average molecular weight is 642 g/mol. The summed E-state index contributed by atoms with van der Waals surface area (Å²) in [6.45, 7) is 9.39. The third-order valence-corrected chi connectivity index (χ3v) is 9.12. The maximum absolute atomic E-state index is 14.0. The van der Waals surface area contributed by atoms with E-state index >= 15 is 0 Å². The fourth-order valence-corrected chi connectivity index (χ4v) is 7.01. The molecule has 6 aromatic carbocycles. The number of rotatable bonds is 3. The van der Waals surface area contributed by atoms with Gasteiger partial charge in [0, 0.05) is 32.6 Å². The van der Waals surface area contributed by atoms with Crippen molar-refractivity contribution in [1.82, 2.24) is 9.13 Å². The largest absolute Gasteiger partial charge is 0.416 e. The standard InChI is InChI=1S/C41H22F3N5/c1-24-17-27(41(42,43)44)12-15-29(24)40-38(48-34-9-5-3-7-30(34)32-14-11-25(22-45)18-36(32)48)19-26(23-46)20-39(40)49-35-10-6-4-8-31(35)33-16-13-28(47-2)21-37(33)49/h3-21H,1H3. The molecule has 0 saturated heterocycles. The van der Waals surface area contributed by atoms with Crippen LogP contribution >= 0.6 is 0 Å². The first-order chi connectivity index (χ1) is 23.7. The van der Waals surface area contributed by atoms with Crippen molar-refractivity contribution in [2.24, 2.45) is 0 Å². The lowest BCUT2D eigenvalue weighted by Gasteiger charge is -2.22. The summed E-state index contributed by atoms with van der Waals surface area (Å²) in [6.07, 6.45) is -4.54. The van der Waals surface area contributed by atoms with Gasteiger partial charge in [0.2, 0.25) is 0 Å². The van der Waals surface area contributed by atoms with Gasteiger partial charge in [-0.25, -0.2) is 4.85 Å². The Morgan fingerprint density at radius 3 is 1.71 bits per heavy atom. The number of hydrogen-bond donors (Lipinski definition) is 0. The van der Waals surface area contributed by atoms with Crippen molar-refractivity contribution in [3.63, 3.8) is 0 Å². The average Bonchev–Trinajstić information content (AvgIpc) is 3.62. The molecule has 0 fully saturated rings. The number of halogens is 3. The number of benzene rings is 6. The Morgan fingerprint density at radius 1 is 0.612 bits per heavy atom. The lowest BCUT2D eigenvalue weighted by atomic mass is 9.93. The second kappa shape index (κ2) is 10.9. The van der Waals surface area contributed by atoms with Gasteiger partial charge < -0.3 is 9.13 Å². The topological polar surface area (TPSA) is 61.8 Å². The van der Waals surface area contributed by atoms with E-state index in [1.807, 2.05) is 69.8 Å². The second-order valence-electron chi connectivity index (χ2n) is 11.9.